The van der Waals surface area contributed by atoms with Crippen molar-refractivity contribution in [2.75, 3.05) is 40.8 Å². The van der Waals surface area contributed by atoms with Crippen LogP contribution in [0.5, 0.6) is 0 Å². The van der Waals surface area contributed by atoms with Crippen LogP contribution in [0, 0.1) is 23.7 Å². The molecule has 0 aromatic rings. The van der Waals surface area contributed by atoms with Gasteiger partial charge in [0.05, 0.1) is 18.8 Å². The van der Waals surface area contributed by atoms with Gasteiger partial charge in [-0.1, -0.05) is 32.4 Å². The summed E-state index contributed by atoms with van der Waals surface area (Å²) in [4.78, 5) is 29.2. The van der Waals surface area contributed by atoms with Gasteiger partial charge in [0.2, 0.25) is 0 Å². The summed E-state index contributed by atoms with van der Waals surface area (Å²) in [6.45, 7) is 11.9. The minimum Gasteiger partial charge on any atom is -0.462 e. The highest BCUT2D eigenvalue weighted by Crippen LogP contribution is 2.33. The second-order valence-electron chi connectivity index (χ2n) is 13.0. The molecule has 0 aromatic carbocycles. The highest BCUT2D eigenvalue weighted by Gasteiger charge is 2.41. The van der Waals surface area contributed by atoms with Crippen molar-refractivity contribution in [2.24, 2.45) is 23.7 Å². The minimum atomic E-state index is -0.834. The monoisotopic (exact) mass is 582 g/mol. The van der Waals surface area contributed by atoms with Crippen molar-refractivity contribution in [3.63, 3.8) is 0 Å². The van der Waals surface area contributed by atoms with Crippen molar-refractivity contribution in [3.8, 4) is 0 Å². The number of aliphatic hydroxyl groups excluding tert-OH is 2. The molecule has 2 aliphatic rings. The predicted molar refractivity (Wildman–Crippen MR) is 160 cm³/mol. The number of nitrogens with zero attached hydrogens (tertiary/aromatic N) is 2. The molecule has 0 saturated carbocycles. The van der Waals surface area contributed by atoms with E-state index in [1.54, 1.807) is 0 Å². The largest absolute Gasteiger partial charge is 0.462 e. The molecule has 0 amide bonds. The van der Waals surface area contributed by atoms with Crippen molar-refractivity contribution < 1.29 is 34.0 Å². The summed E-state index contributed by atoms with van der Waals surface area (Å²) >= 11 is 0. The first-order chi connectivity index (χ1) is 19.4. The van der Waals surface area contributed by atoms with E-state index in [-0.39, 0.29) is 55.0 Å². The molecule has 238 valence electrons. The maximum absolute atomic E-state index is 13.0. The third kappa shape index (κ3) is 11.3. The quantitative estimate of drug-likeness (QED) is 0.264. The molecule has 9 heteroatoms. The molecule has 2 N–H and O–H groups in total. The highest BCUT2D eigenvalue weighted by molar-refractivity contribution is 5.69. The van der Waals surface area contributed by atoms with Gasteiger partial charge in [0.15, 0.2) is 6.29 Å². The molecule has 9 nitrogen and oxygen atoms in total. The first-order valence-electron chi connectivity index (χ1n) is 15.6. The van der Waals surface area contributed by atoms with Crippen molar-refractivity contribution in [2.45, 2.75) is 116 Å². The molecule has 41 heavy (non-hydrogen) atoms. The number of carbonyl (C=O) groups excluding carboxylic acids is 2. The molecule has 1 saturated heterocycles. The smallest absolute Gasteiger partial charge is 0.306 e. The number of cyclic esters (lactones) is 1. The summed E-state index contributed by atoms with van der Waals surface area (Å²) in [5.41, 5.74) is 1.17. The van der Waals surface area contributed by atoms with E-state index in [4.69, 9.17) is 14.2 Å². The van der Waals surface area contributed by atoms with Crippen molar-refractivity contribution in [1.29, 1.82) is 0 Å². The minimum absolute atomic E-state index is 0.0776. The SMILES string of the molecule is CC[C@H]1OC(=O)CC[C@H](C)[C@@H](O[C@@H]2O[C@H](C)C[C@H](N(C)C)[C@H]2O)[C@@H](CC=O)C[C@@H](C)CN(C)CC/C(C)=C/[C@@H]1CO. The van der Waals surface area contributed by atoms with Crippen molar-refractivity contribution in [3.05, 3.63) is 11.6 Å². The fourth-order valence-corrected chi connectivity index (χ4v) is 6.53. The Balaban J connectivity index is 2.37. The van der Waals surface area contributed by atoms with Gasteiger partial charge in [-0.3, -0.25) is 4.79 Å². The lowest BCUT2D eigenvalue weighted by Crippen LogP contribution is -2.55. The number of hydrogen-bond donors (Lipinski definition) is 2. The van der Waals surface area contributed by atoms with Crippen LogP contribution < -0.4 is 0 Å². The Hall–Kier alpha value is -1.36. The van der Waals surface area contributed by atoms with Crippen LogP contribution in [0.1, 0.15) is 79.6 Å². The molecular formula is C32H58N2O7. The zero-order chi connectivity index (χ0) is 30.7. The lowest BCUT2D eigenvalue weighted by Gasteiger charge is -2.44. The predicted octanol–water partition coefficient (Wildman–Crippen LogP) is 3.66. The lowest BCUT2D eigenvalue weighted by molar-refractivity contribution is -0.280. The molecule has 2 rings (SSSR count). The van der Waals surface area contributed by atoms with Crippen LogP contribution in [0.2, 0.25) is 0 Å². The normalized spacial score (nSPS) is 39.0. The van der Waals surface area contributed by atoms with Crippen molar-refractivity contribution in [1.82, 2.24) is 9.80 Å². The number of likely N-dealkylation sites (N-methyl/N-ethyl adjacent to an activating group) is 1. The molecule has 0 bridgehead atoms. The summed E-state index contributed by atoms with van der Waals surface area (Å²) < 4.78 is 18.6. The number of aliphatic hydroxyl groups is 2. The van der Waals surface area contributed by atoms with Gasteiger partial charge in [0.25, 0.3) is 0 Å². The van der Waals surface area contributed by atoms with Crippen molar-refractivity contribution >= 4 is 12.3 Å². The van der Waals surface area contributed by atoms with Crippen LogP contribution in [-0.4, -0.2) is 110 Å². The van der Waals surface area contributed by atoms with E-state index in [1.165, 1.54) is 5.57 Å². The van der Waals surface area contributed by atoms with E-state index in [0.717, 1.165) is 32.2 Å². The number of hydrogen-bond acceptors (Lipinski definition) is 9. The Kier molecular flexibility index (Phi) is 15.5. The molecule has 0 spiro atoms. The van der Waals surface area contributed by atoms with Crippen LogP contribution in [0.4, 0.5) is 0 Å². The van der Waals surface area contributed by atoms with Crippen LogP contribution in [0.15, 0.2) is 11.6 Å². The van der Waals surface area contributed by atoms with Gasteiger partial charge in [-0.15, -0.1) is 0 Å². The zero-order valence-corrected chi connectivity index (χ0v) is 26.8. The number of esters is 1. The average Bonchev–Trinajstić information content (AvgIpc) is 2.91. The van der Waals surface area contributed by atoms with Crippen LogP contribution in [-0.2, 0) is 23.8 Å². The van der Waals surface area contributed by atoms with E-state index in [1.807, 2.05) is 39.8 Å². The van der Waals surface area contributed by atoms with Crippen LogP contribution >= 0.6 is 0 Å². The second kappa shape index (κ2) is 17.7. The first kappa shape index (κ1) is 35.8. The van der Waals surface area contributed by atoms with Gasteiger partial charge in [0, 0.05) is 37.9 Å². The van der Waals surface area contributed by atoms with E-state index < -0.39 is 18.5 Å². The number of rotatable bonds is 7. The molecular weight excluding hydrogens is 524 g/mol. The Labute approximate surface area is 248 Å². The summed E-state index contributed by atoms with van der Waals surface area (Å²) in [5, 5.41) is 21.3. The number of carbonyl (C=O) groups is 2. The van der Waals surface area contributed by atoms with Crippen LogP contribution in [0.25, 0.3) is 0 Å². The fraction of sp³-hybridized carbons (Fsp3) is 0.875. The highest BCUT2D eigenvalue weighted by atomic mass is 16.7. The lowest BCUT2D eigenvalue weighted by atomic mass is 9.81. The zero-order valence-electron chi connectivity index (χ0n) is 26.8. The summed E-state index contributed by atoms with van der Waals surface area (Å²) in [6, 6.07) is -0.108. The third-order valence-corrected chi connectivity index (χ3v) is 8.88. The van der Waals surface area contributed by atoms with E-state index in [2.05, 4.69) is 31.9 Å². The molecule has 10 atom stereocenters. The van der Waals surface area contributed by atoms with E-state index in [9.17, 15) is 19.8 Å². The summed E-state index contributed by atoms with van der Waals surface area (Å²) in [5.74, 6) is -0.423. The van der Waals surface area contributed by atoms with E-state index in [0.29, 0.717) is 31.6 Å². The summed E-state index contributed by atoms with van der Waals surface area (Å²) in [6.07, 6.45) is 4.48. The van der Waals surface area contributed by atoms with Gasteiger partial charge >= 0.3 is 5.97 Å². The Bertz CT molecular complexity index is 822. The first-order valence-corrected chi connectivity index (χ1v) is 15.6. The Morgan fingerprint density at radius 3 is 2.51 bits per heavy atom. The van der Waals surface area contributed by atoms with E-state index >= 15 is 0 Å². The van der Waals surface area contributed by atoms with Gasteiger partial charge in [-0.25, -0.2) is 0 Å². The third-order valence-electron chi connectivity index (χ3n) is 8.88. The fourth-order valence-electron chi connectivity index (χ4n) is 6.53. The van der Waals surface area contributed by atoms with Crippen LogP contribution in [0.3, 0.4) is 0 Å². The van der Waals surface area contributed by atoms with Gasteiger partial charge < -0.3 is 39.0 Å². The molecule has 0 radical (unpaired) electrons. The standard InChI is InChI=1S/C32H58N2O7/c1-9-28-26(20-36)16-21(2)12-14-34(8)19-22(3)17-25(13-15-35)31(23(4)10-11-29(37)40-28)41-32-30(38)27(33(6)7)18-24(5)39-32/h15-16,22-28,30-32,36,38H,9-14,17-20H2,1-8H3/b21-16+/t22-,23+,24-,25+,26-,27+,28-,30-,31-,32+/m1/s1. The molecule has 2 heterocycles. The molecule has 0 aromatic heterocycles. The maximum Gasteiger partial charge on any atom is 0.306 e. The van der Waals surface area contributed by atoms with Gasteiger partial charge in [0.1, 0.15) is 18.5 Å². The molecule has 0 unspecified atom stereocenters. The molecule has 2 aliphatic heterocycles. The topological polar surface area (TPSA) is 109 Å². The molecule has 1 fully saturated rings. The molecule has 0 aliphatic carbocycles. The summed E-state index contributed by atoms with van der Waals surface area (Å²) in [7, 11) is 6.00. The average molecular weight is 583 g/mol. The maximum atomic E-state index is 13.0. The Morgan fingerprint density at radius 1 is 1.20 bits per heavy atom. The second-order valence-corrected chi connectivity index (χ2v) is 13.0. The Morgan fingerprint density at radius 2 is 1.90 bits per heavy atom. The van der Waals surface area contributed by atoms with Gasteiger partial charge in [-0.05, 0) is 84.8 Å². The number of ether oxygens (including phenoxy) is 3. The number of aldehydes is 1. The van der Waals surface area contributed by atoms with Gasteiger partial charge in [-0.2, -0.15) is 0 Å².